The van der Waals surface area contributed by atoms with Crippen molar-refractivity contribution in [3.05, 3.63) is 29.6 Å². The van der Waals surface area contributed by atoms with Crippen molar-refractivity contribution >= 4 is 5.78 Å². The monoisotopic (exact) mass is 237 g/mol. The topological polar surface area (TPSA) is 38.3 Å². The second-order valence-electron chi connectivity index (χ2n) is 4.32. The van der Waals surface area contributed by atoms with Crippen LogP contribution in [0, 0.1) is 11.7 Å². The number of nitrogens with one attached hydrogen (secondary N) is 1. The van der Waals surface area contributed by atoms with Crippen molar-refractivity contribution in [1.82, 2.24) is 5.32 Å². The number of rotatable bonds is 6. The molecule has 1 saturated carbocycles. The number of Topliss-reactive ketones (excluding diaryl/α,β-unsaturated/α-hetero) is 1. The molecule has 0 aliphatic heterocycles. The maximum Gasteiger partial charge on any atom is 0.180 e. The van der Waals surface area contributed by atoms with Crippen LogP contribution < -0.4 is 10.1 Å². The lowest BCUT2D eigenvalue weighted by molar-refractivity contribution is 0.0988. The van der Waals surface area contributed by atoms with E-state index in [0.29, 0.717) is 18.1 Å². The first-order valence-electron chi connectivity index (χ1n) is 5.81. The van der Waals surface area contributed by atoms with Crippen LogP contribution >= 0.6 is 0 Å². The SMILES string of the molecule is CNCC(=O)c1cccc(F)c1OCC1CC1. The minimum absolute atomic E-state index is 0.0969. The first-order valence-corrected chi connectivity index (χ1v) is 5.81. The molecule has 0 spiro atoms. The standard InChI is InChI=1S/C13H16FNO2/c1-15-7-12(16)10-3-2-4-11(14)13(10)17-8-9-5-6-9/h2-4,9,15H,5-8H2,1H3. The highest BCUT2D eigenvalue weighted by Gasteiger charge is 2.24. The van der Waals surface area contributed by atoms with E-state index < -0.39 is 5.82 Å². The van der Waals surface area contributed by atoms with E-state index >= 15 is 0 Å². The predicted octanol–water partition coefficient (Wildman–Crippen LogP) is 2.02. The van der Waals surface area contributed by atoms with Crippen LogP contribution in [0.4, 0.5) is 4.39 Å². The highest BCUT2D eigenvalue weighted by atomic mass is 19.1. The summed E-state index contributed by atoms with van der Waals surface area (Å²) in [6.45, 7) is 0.685. The molecule has 1 aliphatic carbocycles. The summed E-state index contributed by atoms with van der Waals surface area (Å²) in [5.74, 6) is 0.00640. The molecule has 1 fully saturated rings. The van der Waals surface area contributed by atoms with Crippen LogP contribution in [0.15, 0.2) is 18.2 Å². The molecule has 1 N–H and O–H groups in total. The zero-order valence-electron chi connectivity index (χ0n) is 9.83. The molecule has 0 unspecified atom stereocenters. The summed E-state index contributed by atoms with van der Waals surface area (Å²) in [6, 6.07) is 4.45. The Hall–Kier alpha value is -1.42. The van der Waals surface area contributed by atoms with Crippen LogP contribution in [0.25, 0.3) is 0 Å². The lowest BCUT2D eigenvalue weighted by Crippen LogP contribution is -2.20. The minimum Gasteiger partial charge on any atom is -0.489 e. The second-order valence-corrected chi connectivity index (χ2v) is 4.32. The Labute approximate surface area is 100.0 Å². The van der Waals surface area contributed by atoms with Crippen LogP contribution in [0.5, 0.6) is 5.75 Å². The number of likely N-dealkylation sites (N-methyl/N-ethyl adjacent to an activating group) is 1. The van der Waals surface area contributed by atoms with Gasteiger partial charge < -0.3 is 10.1 Å². The van der Waals surface area contributed by atoms with Crippen molar-refractivity contribution in [2.24, 2.45) is 5.92 Å². The second kappa shape index (κ2) is 5.27. The van der Waals surface area contributed by atoms with Crippen molar-refractivity contribution in [3.63, 3.8) is 0 Å². The largest absolute Gasteiger partial charge is 0.489 e. The predicted molar refractivity (Wildman–Crippen MR) is 62.9 cm³/mol. The van der Waals surface area contributed by atoms with Gasteiger partial charge in [0.1, 0.15) is 0 Å². The van der Waals surface area contributed by atoms with Crippen LogP contribution in [0.2, 0.25) is 0 Å². The van der Waals surface area contributed by atoms with E-state index in [-0.39, 0.29) is 18.1 Å². The molecule has 0 radical (unpaired) electrons. The van der Waals surface area contributed by atoms with Crippen LogP contribution in [0.1, 0.15) is 23.2 Å². The zero-order chi connectivity index (χ0) is 12.3. The van der Waals surface area contributed by atoms with Crippen molar-refractivity contribution in [2.75, 3.05) is 20.2 Å². The lowest BCUT2D eigenvalue weighted by atomic mass is 10.1. The van der Waals surface area contributed by atoms with Crippen molar-refractivity contribution in [1.29, 1.82) is 0 Å². The average molecular weight is 237 g/mol. The Kier molecular flexibility index (Phi) is 3.74. The highest BCUT2D eigenvalue weighted by Crippen LogP contribution is 2.31. The number of ketones is 1. The van der Waals surface area contributed by atoms with Crippen LogP contribution in [-0.4, -0.2) is 26.0 Å². The van der Waals surface area contributed by atoms with E-state index in [0.717, 1.165) is 12.8 Å². The summed E-state index contributed by atoms with van der Waals surface area (Å²) in [5, 5.41) is 2.76. The zero-order valence-corrected chi connectivity index (χ0v) is 9.83. The lowest BCUT2D eigenvalue weighted by Gasteiger charge is -2.11. The average Bonchev–Trinajstić information content (AvgIpc) is 3.11. The summed E-state index contributed by atoms with van der Waals surface area (Å²) >= 11 is 0. The quantitative estimate of drug-likeness (QED) is 0.769. The molecule has 1 aromatic rings. The van der Waals surface area contributed by atoms with E-state index in [1.165, 1.54) is 12.1 Å². The van der Waals surface area contributed by atoms with Crippen molar-refractivity contribution in [3.8, 4) is 5.75 Å². The molecule has 0 saturated heterocycles. The molecule has 4 heteroatoms. The summed E-state index contributed by atoms with van der Waals surface area (Å²) < 4.78 is 19.1. The number of ether oxygens (including phenoxy) is 1. The molecular weight excluding hydrogens is 221 g/mol. The molecule has 0 aromatic heterocycles. The Morgan fingerprint density at radius 2 is 2.29 bits per heavy atom. The van der Waals surface area contributed by atoms with Crippen molar-refractivity contribution in [2.45, 2.75) is 12.8 Å². The Bertz CT molecular complexity index is 416. The van der Waals surface area contributed by atoms with Gasteiger partial charge in [-0.05, 0) is 37.9 Å². The Morgan fingerprint density at radius 3 is 2.94 bits per heavy atom. The van der Waals surface area contributed by atoms with Gasteiger partial charge in [0, 0.05) is 0 Å². The summed E-state index contributed by atoms with van der Waals surface area (Å²) in [6.07, 6.45) is 2.27. The number of benzene rings is 1. The molecule has 92 valence electrons. The van der Waals surface area contributed by atoms with E-state index in [1.807, 2.05) is 0 Å². The van der Waals surface area contributed by atoms with Gasteiger partial charge in [0.25, 0.3) is 0 Å². The fourth-order valence-electron chi connectivity index (χ4n) is 1.62. The molecule has 3 nitrogen and oxygen atoms in total. The van der Waals surface area contributed by atoms with Crippen LogP contribution in [0.3, 0.4) is 0 Å². The van der Waals surface area contributed by atoms with E-state index in [2.05, 4.69) is 5.32 Å². The number of hydrogen-bond donors (Lipinski definition) is 1. The third-order valence-electron chi connectivity index (χ3n) is 2.77. The molecule has 0 bridgehead atoms. The number of hydrogen-bond acceptors (Lipinski definition) is 3. The first kappa shape index (κ1) is 12.0. The summed E-state index contributed by atoms with van der Waals surface area (Å²) in [4.78, 5) is 11.8. The van der Waals surface area contributed by atoms with Gasteiger partial charge in [0.2, 0.25) is 0 Å². The number of carbonyl (C=O) groups is 1. The molecule has 0 atom stereocenters. The third kappa shape index (κ3) is 3.03. The van der Waals surface area contributed by atoms with Gasteiger partial charge in [-0.2, -0.15) is 0 Å². The van der Waals surface area contributed by atoms with Gasteiger partial charge >= 0.3 is 0 Å². The fourth-order valence-corrected chi connectivity index (χ4v) is 1.62. The van der Waals surface area contributed by atoms with E-state index in [4.69, 9.17) is 4.74 Å². The van der Waals surface area contributed by atoms with Gasteiger partial charge in [-0.15, -0.1) is 0 Å². The van der Waals surface area contributed by atoms with E-state index in [1.54, 1.807) is 13.1 Å². The number of carbonyl (C=O) groups excluding carboxylic acids is 1. The number of halogens is 1. The first-order chi connectivity index (χ1) is 8.22. The molecule has 2 rings (SSSR count). The molecule has 1 aromatic carbocycles. The Morgan fingerprint density at radius 1 is 1.53 bits per heavy atom. The normalized spacial score (nSPS) is 14.7. The molecule has 1 aliphatic rings. The van der Waals surface area contributed by atoms with Gasteiger partial charge in [0.15, 0.2) is 17.3 Å². The van der Waals surface area contributed by atoms with Crippen molar-refractivity contribution < 1.29 is 13.9 Å². The van der Waals surface area contributed by atoms with Gasteiger partial charge in [-0.1, -0.05) is 6.07 Å². The van der Waals surface area contributed by atoms with E-state index in [9.17, 15) is 9.18 Å². The summed E-state index contributed by atoms with van der Waals surface area (Å²) in [7, 11) is 1.68. The highest BCUT2D eigenvalue weighted by molar-refractivity contribution is 6.00. The van der Waals surface area contributed by atoms with Gasteiger partial charge in [-0.25, -0.2) is 4.39 Å². The molecular formula is C13H16FNO2. The van der Waals surface area contributed by atoms with Crippen LogP contribution in [-0.2, 0) is 0 Å². The maximum atomic E-state index is 13.6. The minimum atomic E-state index is -0.465. The molecule has 0 heterocycles. The maximum absolute atomic E-state index is 13.6. The summed E-state index contributed by atoms with van der Waals surface area (Å²) in [5.41, 5.74) is 0.319. The fraction of sp³-hybridized carbons (Fsp3) is 0.462. The smallest absolute Gasteiger partial charge is 0.180 e. The van der Waals surface area contributed by atoms with Gasteiger partial charge in [-0.3, -0.25) is 4.79 Å². The molecule has 0 amide bonds. The number of para-hydroxylation sites is 1. The third-order valence-corrected chi connectivity index (χ3v) is 2.77. The Balaban J connectivity index is 2.16. The van der Waals surface area contributed by atoms with Gasteiger partial charge in [0.05, 0.1) is 18.7 Å². The molecule has 17 heavy (non-hydrogen) atoms.